The van der Waals surface area contributed by atoms with Gasteiger partial charge in [0.1, 0.15) is 9.92 Å². The number of carbonyl (C=O) groups is 1. The average molecular weight is 503 g/mol. The predicted molar refractivity (Wildman–Crippen MR) is 131 cm³/mol. The zero-order chi connectivity index (χ0) is 23.5. The van der Waals surface area contributed by atoms with Crippen molar-refractivity contribution in [2.45, 2.75) is 47.7 Å². The summed E-state index contributed by atoms with van der Waals surface area (Å²) in [7, 11) is -3.67. The number of anilines is 1. The van der Waals surface area contributed by atoms with Gasteiger partial charge in [0, 0.05) is 37.0 Å². The Bertz CT molecular complexity index is 1120. The van der Waals surface area contributed by atoms with Gasteiger partial charge in [-0.05, 0) is 37.3 Å². The molecule has 3 aliphatic rings. The van der Waals surface area contributed by atoms with Gasteiger partial charge in [-0.2, -0.15) is 0 Å². The number of hydrogen-bond acceptors (Lipinski definition) is 7. The summed E-state index contributed by atoms with van der Waals surface area (Å²) in [6.45, 7) is 2.44. The van der Waals surface area contributed by atoms with Gasteiger partial charge in [0.2, 0.25) is 15.9 Å². The first kappa shape index (κ1) is 23.6. The van der Waals surface area contributed by atoms with E-state index in [0.29, 0.717) is 45.4 Å². The molecule has 182 valence electrons. The lowest BCUT2D eigenvalue weighted by molar-refractivity contribution is -0.145. The molecule has 34 heavy (non-hydrogen) atoms. The highest BCUT2D eigenvalue weighted by Gasteiger charge is 2.36. The number of carbonyl (C=O) groups excluding carboxylic acids is 1. The quantitative estimate of drug-likeness (QED) is 0.648. The molecule has 2 fully saturated rings. The van der Waals surface area contributed by atoms with E-state index in [2.05, 4.69) is 15.0 Å². The fraction of sp³-hybridized carbons (Fsp3) is 0.500. The highest BCUT2D eigenvalue weighted by Crippen LogP contribution is 2.33. The molecule has 10 heteroatoms. The van der Waals surface area contributed by atoms with Crippen LogP contribution in [0.2, 0.25) is 0 Å². The maximum absolute atomic E-state index is 13.4. The van der Waals surface area contributed by atoms with Gasteiger partial charge in [0.05, 0.1) is 24.9 Å². The molecule has 0 bridgehead atoms. The van der Waals surface area contributed by atoms with E-state index in [0.717, 1.165) is 28.6 Å². The molecular weight excluding hydrogens is 472 g/mol. The maximum Gasteiger partial charge on any atom is 0.242 e. The first-order valence-electron chi connectivity index (χ1n) is 11.8. The monoisotopic (exact) mass is 502 g/mol. The number of nitrogens with one attached hydrogen (secondary N) is 2. The number of aromatic nitrogens is 1. The van der Waals surface area contributed by atoms with Gasteiger partial charge in [-0.15, -0.1) is 11.8 Å². The van der Waals surface area contributed by atoms with Crippen molar-refractivity contribution in [3.8, 4) is 0 Å². The van der Waals surface area contributed by atoms with Crippen LogP contribution in [0.15, 0.2) is 52.5 Å². The summed E-state index contributed by atoms with van der Waals surface area (Å²) in [5, 5.41) is 4.05. The minimum atomic E-state index is -3.67. The van der Waals surface area contributed by atoms with E-state index in [-0.39, 0.29) is 28.8 Å². The second kappa shape index (κ2) is 10.2. The van der Waals surface area contributed by atoms with E-state index >= 15 is 0 Å². The summed E-state index contributed by atoms with van der Waals surface area (Å²) >= 11 is 1.62. The standard InChI is InChI=1S/C24H30N4O4S2/c29-24(28-11-12-32-16-22(28)17-4-2-1-3-5-17)18-6-8-19(9-7-18)27-34(30,31)20-14-21-23(26-15-20)33-13-10-25-21/h1-5,14-15,18-19,22,25,27H,6-13,16H2/t18-,19-,22?. The number of hydrogen-bond donors (Lipinski definition) is 2. The first-order chi connectivity index (χ1) is 16.5. The molecule has 1 atom stereocenters. The SMILES string of the molecule is O=C([C@H]1CC[C@H](NS(=O)(=O)c2cnc3c(c2)NCCS3)CC1)N1CCOCC1c1ccccc1. The molecule has 1 saturated carbocycles. The van der Waals surface area contributed by atoms with Gasteiger partial charge in [0.15, 0.2) is 0 Å². The van der Waals surface area contributed by atoms with E-state index < -0.39 is 10.0 Å². The number of pyridine rings is 1. The number of nitrogens with zero attached hydrogens (tertiary/aromatic N) is 2. The van der Waals surface area contributed by atoms with Crippen LogP contribution in [-0.2, 0) is 19.6 Å². The molecule has 1 aromatic heterocycles. The van der Waals surface area contributed by atoms with Crippen molar-refractivity contribution in [3.63, 3.8) is 0 Å². The Hall–Kier alpha value is -2.14. The Morgan fingerprint density at radius 3 is 2.76 bits per heavy atom. The third-order valence-electron chi connectivity index (χ3n) is 6.79. The van der Waals surface area contributed by atoms with Gasteiger partial charge in [-0.25, -0.2) is 18.1 Å². The van der Waals surface area contributed by atoms with Crippen molar-refractivity contribution < 1.29 is 17.9 Å². The molecule has 0 spiro atoms. The van der Waals surface area contributed by atoms with Gasteiger partial charge in [-0.1, -0.05) is 30.3 Å². The van der Waals surface area contributed by atoms with Crippen LogP contribution in [0.1, 0.15) is 37.3 Å². The van der Waals surface area contributed by atoms with Crippen molar-refractivity contribution >= 4 is 33.4 Å². The highest BCUT2D eigenvalue weighted by atomic mass is 32.2. The number of sulfonamides is 1. The number of morpholine rings is 1. The third kappa shape index (κ3) is 5.10. The third-order valence-corrected chi connectivity index (χ3v) is 9.28. The number of ether oxygens (including phenoxy) is 1. The molecule has 2 aromatic rings. The Labute approximate surface area is 204 Å². The summed E-state index contributed by atoms with van der Waals surface area (Å²) in [5.41, 5.74) is 1.86. The van der Waals surface area contributed by atoms with E-state index in [1.165, 1.54) is 6.20 Å². The molecule has 5 rings (SSSR count). The van der Waals surface area contributed by atoms with Crippen molar-refractivity contribution in [1.82, 2.24) is 14.6 Å². The van der Waals surface area contributed by atoms with Crippen LogP contribution in [0.5, 0.6) is 0 Å². The van der Waals surface area contributed by atoms with Crippen molar-refractivity contribution in [2.75, 3.05) is 37.4 Å². The zero-order valence-electron chi connectivity index (χ0n) is 19.0. The lowest BCUT2D eigenvalue weighted by Gasteiger charge is -2.39. The summed E-state index contributed by atoms with van der Waals surface area (Å²) in [5.74, 6) is 0.987. The Balaban J connectivity index is 1.20. The smallest absolute Gasteiger partial charge is 0.242 e. The minimum absolute atomic E-state index is 0.0676. The fourth-order valence-electron chi connectivity index (χ4n) is 4.95. The van der Waals surface area contributed by atoms with E-state index in [9.17, 15) is 13.2 Å². The lowest BCUT2D eigenvalue weighted by atomic mass is 9.85. The molecule has 3 heterocycles. The van der Waals surface area contributed by atoms with Crippen LogP contribution in [0.25, 0.3) is 0 Å². The molecule has 1 amide bonds. The second-order valence-corrected chi connectivity index (χ2v) is 11.8. The first-order valence-corrected chi connectivity index (χ1v) is 14.3. The van der Waals surface area contributed by atoms with Crippen molar-refractivity contribution in [3.05, 3.63) is 48.2 Å². The average Bonchev–Trinajstić information content (AvgIpc) is 2.89. The molecule has 1 unspecified atom stereocenters. The van der Waals surface area contributed by atoms with Crippen LogP contribution in [-0.4, -0.2) is 62.3 Å². The number of rotatable bonds is 5. The molecular formula is C24H30N4O4S2. The summed E-state index contributed by atoms with van der Waals surface area (Å²) in [6.07, 6.45) is 4.06. The Morgan fingerprint density at radius 2 is 1.97 bits per heavy atom. The van der Waals surface area contributed by atoms with Crippen molar-refractivity contribution in [1.29, 1.82) is 0 Å². The molecule has 2 N–H and O–H groups in total. The number of benzene rings is 1. The number of amides is 1. The van der Waals surface area contributed by atoms with Crippen LogP contribution >= 0.6 is 11.8 Å². The second-order valence-electron chi connectivity index (χ2n) is 9.00. The maximum atomic E-state index is 13.4. The summed E-state index contributed by atoms with van der Waals surface area (Å²) < 4.78 is 34.5. The minimum Gasteiger partial charge on any atom is -0.382 e. The summed E-state index contributed by atoms with van der Waals surface area (Å²) in [6, 6.07) is 11.4. The molecule has 1 aromatic carbocycles. The van der Waals surface area contributed by atoms with Crippen LogP contribution in [0, 0.1) is 5.92 Å². The van der Waals surface area contributed by atoms with Gasteiger partial charge >= 0.3 is 0 Å². The highest BCUT2D eigenvalue weighted by molar-refractivity contribution is 7.99. The lowest BCUT2D eigenvalue weighted by Crippen LogP contribution is -2.47. The fourth-order valence-corrected chi connectivity index (χ4v) is 7.04. The molecule has 1 aliphatic carbocycles. The van der Waals surface area contributed by atoms with Crippen LogP contribution < -0.4 is 10.0 Å². The van der Waals surface area contributed by atoms with Crippen LogP contribution in [0.4, 0.5) is 5.69 Å². The van der Waals surface area contributed by atoms with Crippen molar-refractivity contribution in [2.24, 2.45) is 5.92 Å². The van der Waals surface area contributed by atoms with E-state index in [1.54, 1.807) is 17.8 Å². The molecule has 0 radical (unpaired) electrons. The summed E-state index contributed by atoms with van der Waals surface area (Å²) in [4.78, 5) is 19.9. The predicted octanol–water partition coefficient (Wildman–Crippen LogP) is 3.04. The zero-order valence-corrected chi connectivity index (χ0v) is 20.6. The van der Waals surface area contributed by atoms with Gasteiger partial charge in [0.25, 0.3) is 0 Å². The van der Waals surface area contributed by atoms with E-state index in [1.807, 2.05) is 35.2 Å². The van der Waals surface area contributed by atoms with Gasteiger partial charge < -0.3 is 15.0 Å². The van der Waals surface area contributed by atoms with E-state index in [4.69, 9.17) is 4.74 Å². The largest absolute Gasteiger partial charge is 0.382 e. The number of thioether (sulfide) groups is 1. The van der Waals surface area contributed by atoms with Gasteiger partial charge in [-0.3, -0.25) is 4.79 Å². The topological polar surface area (TPSA) is 101 Å². The van der Waals surface area contributed by atoms with Crippen LogP contribution in [0.3, 0.4) is 0 Å². The normalized spacial score (nSPS) is 25.3. The Morgan fingerprint density at radius 1 is 1.18 bits per heavy atom. The number of fused-ring (bicyclic) bond motifs is 1. The molecule has 8 nitrogen and oxygen atoms in total. The Kier molecular flexibility index (Phi) is 7.10. The molecule has 2 aliphatic heterocycles. The molecule has 1 saturated heterocycles.